The predicted octanol–water partition coefficient (Wildman–Crippen LogP) is 0.479. The van der Waals surface area contributed by atoms with Gasteiger partial charge < -0.3 is 14.8 Å². The second-order valence-electron chi connectivity index (χ2n) is 4.67. The first-order valence-electron chi connectivity index (χ1n) is 5.05. The summed E-state index contributed by atoms with van der Waals surface area (Å²) in [5.74, 6) is 0. The number of rotatable bonds is 2. The van der Waals surface area contributed by atoms with Gasteiger partial charge in [-0.15, -0.1) is 5.59 Å². The van der Waals surface area contributed by atoms with E-state index in [1.165, 1.54) is 0 Å². The normalized spacial score (nSPS) is 21.9. The molecule has 0 saturated carbocycles. The fraction of sp³-hybridized carbons (Fsp3) is 0.889. The Morgan fingerprint density at radius 2 is 2.20 bits per heavy atom. The van der Waals surface area contributed by atoms with Crippen LogP contribution in [0.3, 0.4) is 0 Å². The smallest absolute Gasteiger partial charge is 0.410 e. The number of ether oxygens (including phenoxy) is 1. The number of carbonyl (C=O) groups excluding carboxylic acids is 1. The van der Waals surface area contributed by atoms with E-state index < -0.39 is 5.60 Å². The van der Waals surface area contributed by atoms with Crippen LogP contribution in [0, 0.1) is 0 Å². The molecule has 1 saturated heterocycles. The lowest BCUT2D eigenvalue weighted by Gasteiger charge is -2.24. The van der Waals surface area contributed by atoms with Gasteiger partial charge in [0.2, 0.25) is 0 Å². The van der Waals surface area contributed by atoms with Crippen LogP contribution in [0.1, 0.15) is 27.2 Å². The Labute approximate surface area is 89.5 Å². The first-order valence-corrected chi connectivity index (χ1v) is 5.05. The third kappa shape index (κ3) is 4.03. The van der Waals surface area contributed by atoms with Crippen molar-refractivity contribution in [3.05, 3.63) is 0 Å². The van der Waals surface area contributed by atoms with Crippen LogP contribution in [0.5, 0.6) is 0 Å². The van der Waals surface area contributed by atoms with Crippen molar-refractivity contribution in [3.63, 3.8) is 0 Å². The number of nitrogens with one attached hydrogen (secondary N) is 2. The molecule has 0 aromatic heterocycles. The molecule has 1 fully saturated rings. The quantitative estimate of drug-likeness (QED) is 0.587. The highest BCUT2D eigenvalue weighted by atomic mass is 16.6. The lowest BCUT2D eigenvalue weighted by Crippen LogP contribution is -2.42. The third-order valence-electron chi connectivity index (χ3n) is 2.11. The zero-order valence-electron chi connectivity index (χ0n) is 9.41. The summed E-state index contributed by atoms with van der Waals surface area (Å²) in [5.41, 5.74) is 4.08. The zero-order chi connectivity index (χ0) is 11.5. The average Bonchev–Trinajstić information content (AvgIpc) is 2.50. The second-order valence-corrected chi connectivity index (χ2v) is 4.67. The van der Waals surface area contributed by atoms with Crippen LogP contribution in [-0.4, -0.2) is 40.9 Å². The lowest BCUT2D eigenvalue weighted by molar-refractivity contribution is 0.0282. The summed E-state index contributed by atoms with van der Waals surface area (Å²) < 4.78 is 5.22. The maximum atomic E-state index is 11.6. The lowest BCUT2D eigenvalue weighted by atomic mass is 10.2. The highest BCUT2D eigenvalue weighted by Crippen LogP contribution is 2.14. The van der Waals surface area contributed by atoms with Crippen LogP contribution < -0.4 is 11.0 Å². The first kappa shape index (κ1) is 12.2. The van der Waals surface area contributed by atoms with E-state index in [1.54, 1.807) is 4.90 Å². The number of hydrazine groups is 1. The molecule has 6 heteroatoms. The Morgan fingerprint density at radius 1 is 1.53 bits per heavy atom. The second kappa shape index (κ2) is 4.78. The Hall–Kier alpha value is -0.850. The van der Waals surface area contributed by atoms with Crippen LogP contribution in [-0.2, 0) is 4.74 Å². The van der Waals surface area contributed by atoms with Gasteiger partial charge >= 0.3 is 6.09 Å². The fourth-order valence-corrected chi connectivity index (χ4v) is 1.46. The number of carbonyl (C=O) groups is 1. The average molecular weight is 217 g/mol. The van der Waals surface area contributed by atoms with E-state index >= 15 is 0 Å². The molecule has 0 radical (unpaired) electrons. The van der Waals surface area contributed by atoms with Crippen molar-refractivity contribution in [2.24, 2.45) is 0 Å². The molecule has 0 aromatic rings. The fourth-order valence-electron chi connectivity index (χ4n) is 1.46. The molecule has 1 amide bonds. The van der Waals surface area contributed by atoms with Gasteiger partial charge in [-0.1, -0.05) is 0 Å². The molecule has 88 valence electrons. The number of likely N-dealkylation sites (tertiary alicyclic amines) is 1. The molecule has 0 bridgehead atoms. The Kier molecular flexibility index (Phi) is 3.90. The number of hydrogen-bond donors (Lipinski definition) is 3. The zero-order valence-corrected chi connectivity index (χ0v) is 9.41. The largest absolute Gasteiger partial charge is 0.444 e. The van der Waals surface area contributed by atoms with E-state index in [-0.39, 0.29) is 12.1 Å². The van der Waals surface area contributed by atoms with Crippen molar-refractivity contribution in [2.45, 2.75) is 38.8 Å². The Bertz CT molecular complexity index is 227. The van der Waals surface area contributed by atoms with Crippen molar-refractivity contribution in [2.75, 3.05) is 13.1 Å². The molecule has 1 aliphatic heterocycles. The minimum Gasteiger partial charge on any atom is -0.444 e. The van der Waals surface area contributed by atoms with Gasteiger partial charge in [-0.05, 0) is 27.2 Å². The maximum absolute atomic E-state index is 11.6. The molecule has 0 spiro atoms. The van der Waals surface area contributed by atoms with Gasteiger partial charge in [0.1, 0.15) is 5.60 Å². The Balaban J connectivity index is 2.37. The molecule has 0 aromatic carbocycles. The third-order valence-corrected chi connectivity index (χ3v) is 2.11. The standard InChI is InChI=1S/C9H19N3O3/c1-9(2,3)15-8(13)12-5-4-7(6-12)10-11-14/h7,10-11,14H,4-6H2,1-3H3. The highest BCUT2D eigenvalue weighted by molar-refractivity contribution is 5.68. The summed E-state index contributed by atoms with van der Waals surface area (Å²) in [6.45, 7) is 6.71. The SMILES string of the molecule is CC(C)(C)OC(=O)N1CCC(NNO)C1. The van der Waals surface area contributed by atoms with E-state index in [4.69, 9.17) is 9.94 Å². The number of hydrogen-bond acceptors (Lipinski definition) is 5. The van der Waals surface area contributed by atoms with E-state index in [0.717, 1.165) is 6.42 Å². The van der Waals surface area contributed by atoms with Crippen LogP contribution >= 0.6 is 0 Å². The predicted molar refractivity (Wildman–Crippen MR) is 54.3 cm³/mol. The van der Waals surface area contributed by atoms with E-state index in [0.29, 0.717) is 13.1 Å². The minimum absolute atomic E-state index is 0.0718. The molecule has 1 unspecified atom stereocenters. The van der Waals surface area contributed by atoms with Gasteiger partial charge in [-0.2, -0.15) is 0 Å². The molecule has 3 N–H and O–H groups in total. The highest BCUT2D eigenvalue weighted by Gasteiger charge is 2.29. The minimum atomic E-state index is -0.460. The van der Waals surface area contributed by atoms with Crippen molar-refractivity contribution in [3.8, 4) is 0 Å². The topological polar surface area (TPSA) is 73.8 Å². The summed E-state index contributed by atoms with van der Waals surface area (Å²) in [7, 11) is 0. The van der Waals surface area contributed by atoms with Crippen LogP contribution in [0.15, 0.2) is 0 Å². The molecule has 1 rings (SSSR count). The van der Waals surface area contributed by atoms with Crippen molar-refractivity contribution < 1.29 is 14.7 Å². The van der Waals surface area contributed by atoms with E-state index in [9.17, 15) is 4.79 Å². The first-order chi connectivity index (χ1) is 6.92. The molecule has 15 heavy (non-hydrogen) atoms. The molecule has 1 aliphatic rings. The molecule has 1 heterocycles. The van der Waals surface area contributed by atoms with Crippen LogP contribution in [0.25, 0.3) is 0 Å². The van der Waals surface area contributed by atoms with Crippen LogP contribution in [0.4, 0.5) is 4.79 Å². The summed E-state index contributed by atoms with van der Waals surface area (Å²) in [5, 5.41) is 8.44. The van der Waals surface area contributed by atoms with Crippen LogP contribution in [0.2, 0.25) is 0 Å². The summed E-state index contributed by atoms with van der Waals surface area (Å²) in [6, 6.07) is 0.0718. The van der Waals surface area contributed by atoms with Crippen molar-refractivity contribution >= 4 is 6.09 Å². The summed E-state index contributed by atoms with van der Waals surface area (Å²) in [6.07, 6.45) is 0.497. The summed E-state index contributed by atoms with van der Waals surface area (Å²) in [4.78, 5) is 13.2. The molecular weight excluding hydrogens is 198 g/mol. The molecular formula is C9H19N3O3. The van der Waals surface area contributed by atoms with Crippen molar-refractivity contribution in [1.82, 2.24) is 15.9 Å². The number of nitrogens with zero attached hydrogens (tertiary/aromatic N) is 1. The van der Waals surface area contributed by atoms with E-state index in [2.05, 4.69) is 5.43 Å². The number of amides is 1. The monoisotopic (exact) mass is 217 g/mol. The Morgan fingerprint density at radius 3 is 2.73 bits per heavy atom. The molecule has 0 aliphatic carbocycles. The van der Waals surface area contributed by atoms with E-state index in [1.807, 2.05) is 26.4 Å². The maximum Gasteiger partial charge on any atom is 0.410 e. The van der Waals surface area contributed by atoms with Crippen molar-refractivity contribution in [1.29, 1.82) is 0 Å². The van der Waals surface area contributed by atoms with Gasteiger partial charge in [0, 0.05) is 19.1 Å². The van der Waals surface area contributed by atoms with Gasteiger partial charge in [0.15, 0.2) is 0 Å². The summed E-state index contributed by atoms with van der Waals surface area (Å²) >= 11 is 0. The van der Waals surface area contributed by atoms with Gasteiger partial charge in [-0.25, -0.2) is 10.2 Å². The van der Waals surface area contributed by atoms with Gasteiger partial charge in [0.05, 0.1) is 0 Å². The van der Waals surface area contributed by atoms with Gasteiger partial charge in [0.25, 0.3) is 0 Å². The molecule has 6 nitrogen and oxygen atoms in total. The van der Waals surface area contributed by atoms with Gasteiger partial charge in [-0.3, -0.25) is 0 Å². The molecule has 1 atom stereocenters.